The number of hydrogen-bond donors (Lipinski definition) is 1. The minimum Gasteiger partial charge on any atom is -0.386 e. The lowest BCUT2D eigenvalue weighted by molar-refractivity contribution is 0.163. The molecule has 1 aliphatic rings. The van der Waals surface area contributed by atoms with Crippen LogP contribution in [0.2, 0.25) is 0 Å². The van der Waals surface area contributed by atoms with Crippen LogP contribution in [-0.4, -0.2) is 5.11 Å². The molecule has 3 heteroatoms. The quantitative estimate of drug-likeness (QED) is 0.255. The van der Waals surface area contributed by atoms with Gasteiger partial charge in [0.2, 0.25) is 0 Å². The Morgan fingerprint density at radius 1 is 0.486 bits per heavy atom. The van der Waals surface area contributed by atoms with Crippen LogP contribution in [0.5, 0.6) is 0 Å². The van der Waals surface area contributed by atoms with E-state index in [9.17, 15) is 5.11 Å². The standard InChI is InChI=1S/C34H24OS2/c35-33(25-13-3-1-4-14-25)34(26-15-5-2-6-16-26)36-29-21-19-23-11-7-9-17-27(23)31(29)32-28-18-10-8-12-24(28)20-22-30(32)37-34/h1-22,33,35H/t33-/m1/s1. The van der Waals surface area contributed by atoms with E-state index in [0.717, 1.165) is 11.1 Å². The number of rotatable bonds is 3. The van der Waals surface area contributed by atoms with Crippen LogP contribution >= 0.6 is 23.5 Å². The highest BCUT2D eigenvalue weighted by Gasteiger charge is 2.46. The number of aliphatic hydroxyl groups excluding tert-OH is 1. The monoisotopic (exact) mass is 512 g/mol. The number of fused-ring (bicyclic) bond motifs is 7. The van der Waals surface area contributed by atoms with E-state index >= 15 is 0 Å². The molecular weight excluding hydrogens is 489 g/mol. The highest BCUT2D eigenvalue weighted by atomic mass is 32.2. The highest BCUT2D eigenvalue weighted by molar-refractivity contribution is 8.17. The second-order valence-corrected chi connectivity index (χ2v) is 12.2. The fourth-order valence-corrected chi connectivity index (χ4v) is 8.71. The van der Waals surface area contributed by atoms with Gasteiger partial charge in [-0.25, -0.2) is 0 Å². The van der Waals surface area contributed by atoms with Crippen LogP contribution in [0.25, 0.3) is 32.7 Å². The van der Waals surface area contributed by atoms with E-state index in [0.29, 0.717) is 0 Å². The average Bonchev–Trinajstić information content (AvgIpc) is 3.13. The number of benzene rings is 6. The van der Waals surface area contributed by atoms with E-state index in [1.807, 2.05) is 36.4 Å². The molecule has 178 valence electrons. The van der Waals surface area contributed by atoms with Crippen molar-refractivity contribution in [2.24, 2.45) is 0 Å². The van der Waals surface area contributed by atoms with Crippen molar-refractivity contribution in [1.29, 1.82) is 0 Å². The second kappa shape index (κ2) is 9.11. The normalized spacial score (nSPS) is 15.1. The number of thioether (sulfide) groups is 2. The zero-order valence-electron chi connectivity index (χ0n) is 20.0. The summed E-state index contributed by atoms with van der Waals surface area (Å²) < 4.78 is -0.687. The molecule has 1 nitrogen and oxygen atoms in total. The van der Waals surface area contributed by atoms with E-state index in [1.54, 1.807) is 23.5 Å². The molecule has 1 N–H and O–H groups in total. The SMILES string of the molecule is O[C@H](c1ccccc1)C1(c2ccccc2)Sc2ccc3ccccc3c2-c2c(ccc3ccccc23)S1. The molecule has 1 aliphatic heterocycles. The lowest BCUT2D eigenvalue weighted by Crippen LogP contribution is -2.26. The lowest BCUT2D eigenvalue weighted by atomic mass is 9.94. The van der Waals surface area contributed by atoms with Gasteiger partial charge in [-0.05, 0) is 44.8 Å². The van der Waals surface area contributed by atoms with Crippen molar-refractivity contribution in [2.75, 3.05) is 0 Å². The molecule has 0 bridgehead atoms. The summed E-state index contributed by atoms with van der Waals surface area (Å²) >= 11 is 3.55. The molecule has 0 amide bonds. The van der Waals surface area contributed by atoms with Crippen molar-refractivity contribution in [3.05, 3.63) is 145 Å². The zero-order valence-corrected chi connectivity index (χ0v) is 21.7. The molecule has 1 atom stereocenters. The first kappa shape index (κ1) is 22.7. The van der Waals surface area contributed by atoms with Crippen molar-refractivity contribution in [2.45, 2.75) is 20.0 Å². The molecule has 0 spiro atoms. The summed E-state index contributed by atoms with van der Waals surface area (Å²) in [5, 5.41) is 17.1. The molecule has 0 radical (unpaired) electrons. The third kappa shape index (κ3) is 3.69. The summed E-state index contributed by atoms with van der Waals surface area (Å²) in [5.41, 5.74) is 4.51. The zero-order chi connectivity index (χ0) is 24.8. The maximum atomic E-state index is 12.2. The van der Waals surface area contributed by atoms with E-state index in [4.69, 9.17) is 0 Å². The minimum atomic E-state index is -0.733. The third-order valence-electron chi connectivity index (χ3n) is 7.21. The first-order chi connectivity index (χ1) is 18.2. The molecule has 7 rings (SSSR count). The van der Waals surface area contributed by atoms with E-state index in [-0.39, 0.29) is 0 Å². The Morgan fingerprint density at radius 3 is 1.49 bits per heavy atom. The van der Waals surface area contributed by atoms with Crippen LogP contribution < -0.4 is 0 Å². The van der Waals surface area contributed by atoms with Crippen LogP contribution in [0.3, 0.4) is 0 Å². The van der Waals surface area contributed by atoms with Gasteiger partial charge in [0.05, 0.1) is 0 Å². The molecule has 6 aromatic rings. The molecular formula is C34H24OS2. The molecule has 0 saturated heterocycles. The second-order valence-electron chi connectivity index (χ2n) is 9.37. The van der Waals surface area contributed by atoms with Crippen molar-refractivity contribution in [3.8, 4) is 11.1 Å². The van der Waals surface area contributed by atoms with Gasteiger partial charge in [0.1, 0.15) is 10.2 Å². The Balaban J connectivity index is 1.60. The minimum absolute atomic E-state index is 0.687. The maximum absolute atomic E-state index is 12.2. The fraction of sp³-hybridized carbons (Fsp3) is 0.0588. The largest absolute Gasteiger partial charge is 0.386 e. The van der Waals surface area contributed by atoms with Gasteiger partial charge in [-0.2, -0.15) is 0 Å². The first-order valence-electron chi connectivity index (χ1n) is 12.4. The van der Waals surface area contributed by atoms with E-state index in [1.165, 1.54) is 42.5 Å². The van der Waals surface area contributed by atoms with Gasteiger partial charge in [-0.15, -0.1) is 0 Å². The summed E-state index contributed by atoms with van der Waals surface area (Å²) in [6, 6.07) is 46.8. The molecule has 37 heavy (non-hydrogen) atoms. The summed E-state index contributed by atoms with van der Waals surface area (Å²) in [6.07, 6.45) is -0.733. The van der Waals surface area contributed by atoms with Gasteiger partial charge in [0.15, 0.2) is 0 Å². The van der Waals surface area contributed by atoms with Crippen LogP contribution in [0.1, 0.15) is 17.2 Å². The fourth-order valence-electron chi connectivity index (χ4n) is 5.45. The molecule has 0 aromatic heterocycles. The molecule has 0 aliphatic carbocycles. The molecule has 1 heterocycles. The molecule has 0 fully saturated rings. The van der Waals surface area contributed by atoms with Gasteiger partial charge >= 0.3 is 0 Å². The van der Waals surface area contributed by atoms with Gasteiger partial charge in [-0.1, -0.05) is 145 Å². The van der Waals surface area contributed by atoms with Crippen molar-refractivity contribution < 1.29 is 5.11 Å². The molecule has 6 aromatic carbocycles. The van der Waals surface area contributed by atoms with Gasteiger partial charge in [0, 0.05) is 20.9 Å². The Bertz CT molecular complexity index is 1660. The Hall–Kier alpha value is -3.50. The topological polar surface area (TPSA) is 20.2 Å². The van der Waals surface area contributed by atoms with Crippen molar-refractivity contribution in [3.63, 3.8) is 0 Å². The third-order valence-corrected chi connectivity index (χ3v) is 10.4. The predicted molar refractivity (Wildman–Crippen MR) is 158 cm³/mol. The van der Waals surface area contributed by atoms with Crippen molar-refractivity contribution in [1.82, 2.24) is 0 Å². The van der Waals surface area contributed by atoms with E-state index < -0.39 is 10.2 Å². The van der Waals surface area contributed by atoms with Gasteiger partial charge in [0.25, 0.3) is 0 Å². The van der Waals surface area contributed by atoms with Crippen LogP contribution in [0.15, 0.2) is 143 Å². The Kier molecular flexibility index (Phi) is 5.58. The van der Waals surface area contributed by atoms with Crippen LogP contribution in [-0.2, 0) is 4.08 Å². The van der Waals surface area contributed by atoms with Gasteiger partial charge in [-0.3, -0.25) is 0 Å². The maximum Gasteiger partial charge on any atom is 0.125 e. The predicted octanol–water partition coefficient (Wildman–Crippen LogP) is 9.44. The van der Waals surface area contributed by atoms with E-state index in [2.05, 4.69) is 97.1 Å². The first-order valence-corrected chi connectivity index (χ1v) is 14.1. The number of hydrogen-bond acceptors (Lipinski definition) is 3. The van der Waals surface area contributed by atoms with Crippen molar-refractivity contribution >= 4 is 45.1 Å². The van der Waals surface area contributed by atoms with Gasteiger partial charge < -0.3 is 5.11 Å². The van der Waals surface area contributed by atoms with Crippen LogP contribution in [0, 0.1) is 0 Å². The Labute approximate surface area is 225 Å². The Morgan fingerprint density at radius 2 is 0.946 bits per heavy atom. The molecule has 0 saturated carbocycles. The lowest BCUT2D eigenvalue weighted by Gasteiger charge is -2.37. The average molecular weight is 513 g/mol. The molecule has 0 unspecified atom stereocenters. The number of aliphatic hydroxyl groups is 1. The highest BCUT2D eigenvalue weighted by Crippen LogP contribution is 2.65. The van der Waals surface area contributed by atoms with Crippen LogP contribution in [0.4, 0.5) is 0 Å². The summed E-state index contributed by atoms with van der Waals surface area (Å²) in [5.74, 6) is 0. The summed E-state index contributed by atoms with van der Waals surface area (Å²) in [6.45, 7) is 0. The summed E-state index contributed by atoms with van der Waals surface area (Å²) in [7, 11) is 0. The smallest absolute Gasteiger partial charge is 0.125 e. The summed E-state index contributed by atoms with van der Waals surface area (Å²) in [4.78, 5) is 2.36.